The number of ether oxygens (including phenoxy) is 1. The molecule has 0 bridgehead atoms. The Labute approximate surface area is 172 Å². The van der Waals surface area contributed by atoms with Crippen molar-refractivity contribution in [3.05, 3.63) is 59.4 Å². The summed E-state index contributed by atoms with van der Waals surface area (Å²) >= 11 is 0. The third-order valence-electron chi connectivity index (χ3n) is 5.71. The van der Waals surface area contributed by atoms with Crippen LogP contribution in [0.5, 0.6) is 5.75 Å². The number of amides is 1. The number of carbonyl (C=O) groups is 1. The minimum Gasteiger partial charge on any atom is -0.493 e. The van der Waals surface area contributed by atoms with Crippen molar-refractivity contribution in [3.8, 4) is 5.75 Å². The molecule has 5 nitrogen and oxygen atoms in total. The van der Waals surface area contributed by atoms with Gasteiger partial charge in [-0.1, -0.05) is 12.1 Å². The van der Waals surface area contributed by atoms with Gasteiger partial charge in [-0.15, -0.1) is 0 Å². The molecule has 0 saturated carbocycles. The molecule has 0 aromatic heterocycles. The molecule has 3 N–H and O–H groups in total. The second-order valence-electron chi connectivity index (χ2n) is 7.88. The molecule has 1 aliphatic rings. The van der Waals surface area contributed by atoms with E-state index in [1.807, 2.05) is 19.1 Å². The van der Waals surface area contributed by atoms with Crippen molar-refractivity contribution >= 4 is 11.6 Å². The molecule has 0 aliphatic carbocycles. The van der Waals surface area contributed by atoms with Crippen LogP contribution in [0.3, 0.4) is 0 Å². The largest absolute Gasteiger partial charge is 0.493 e. The molecule has 1 amide bonds. The normalized spacial score (nSPS) is 19.0. The first-order valence-corrected chi connectivity index (χ1v) is 10.4. The van der Waals surface area contributed by atoms with Gasteiger partial charge in [0.25, 0.3) is 5.91 Å². The van der Waals surface area contributed by atoms with Crippen LogP contribution in [0.2, 0.25) is 0 Å². The minimum absolute atomic E-state index is 0.0878. The lowest BCUT2D eigenvalue weighted by atomic mass is 10.1. The zero-order chi connectivity index (χ0) is 20.6. The quantitative estimate of drug-likeness (QED) is 0.569. The summed E-state index contributed by atoms with van der Waals surface area (Å²) < 4.78 is 18.5. The monoisotopic (exact) mass is 401 g/mol. The van der Waals surface area contributed by atoms with Crippen molar-refractivity contribution in [2.45, 2.75) is 20.3 Å². The maximum atomic E-state index is 12.9. The second kappa shape index (κ2) is 10.4. The molecule has 0 radical (unpaired) electrons. The van der Waals surface area contributed by atoms with Crippen LogP contribution in [0.1, 0.15) is 17.5 Å². The fourth-order valence-corrected chi connectivity index (χ4v) is 3.73. The number of anilines is 1. The molecule has 156 valence electrons. The van der Waals surface area contributed by atoms with E-state index in [-0.39, 0.29) is 11.7 Å². The Morgan fingerprint density at radius 3 is 2.45 bits per heavy atom. The summed E-state index contributed by atoms with van der Waals surface area (Å²) in [5, 5.41) is 3.06. The van der Waals surface area contributed by atoms with Gasteiger partial charge in [0.05, 0.1) is 13.2 Å². The molecule has 3 rings (SSSR count). The van der Waals surface area contributed by atoms with Crippen molar-refractivity contribution in [1.29, 1.82) is 0 Å². The highest BCUT2D eigenvalue weighted by molar-refractivity contribution is 5.92. The lowest BCUT2D eigenvalue weighted by Crippen LogP contribution is -3.28. The summed E-state index contributed by atoms with van der Waals surface area (Å²) in [6.45, 7) is 10.5. The number of rotatable bonds is 8. The smallest absolute Gasteiger partial charge is 0.279 e. The molecule has 2 aromatic carbocycles. The van der Waals surface area contributed by atoms with Gasteiger partial charge in [0.2, 0.25) is 0 Å². The van der Waals surface area contributed by atoms with Gasteiger partial charge in [0.1, 0.15) is 37.7 Å². The minimum atomic E-state index is -0.245. The molecule has 2 aromatic rings. The summed E-state index contributed by atoms with van der Waals surface area (Å²) in [5.41, 5.74) is 3.24. The Bertz CT molecular complexity index is 802. The predicted molar refractivity (Wildman–Crippen MR) is 112 cm³/mol. The van der Waals surface area contributed by atoms with Gasteiger partial charge < -0.3 is 19.9 Å². The maximum Gasteiger partial charge on any atom is 0.279 e. The number of piperazine rings is 1. The molecule has 1 saturated heterocycles. The Morgan fingerprint density at radius 2 is 1.72 bits per heavy atom. The molecule has 29 heavy (non-hydrogen) atoms. The summed E-state index contributed by atoms with van der Waals surface area (Å²) in [4.78, 5) is 15.3. The molecule has 1 aliphatic heterocycles. The van der Waals surface area contributed by atoms with E-state index in [1.165, 1.54) is 22.6 Å². The molecule has 0 atom stereocenters. The van der Waals surface area contributed by atoms with Crippen molar-refractivity contribution in [2.24, 2.45) is 0 Å². The van der Waals surface area contributed by atoms with Crippen LogP contribution < -0.4 is 19.9 Å². The van der Waals surface area contributed by atoms with E-state index in [1.54, 1.807) is 17.0 Å². The van der Waals surface area contributed by atoms with Crippen LogP contribution in [0.25, 0.3) is 0 Å². The highest BCUT2D eigenvalue weighted by atomic mass is 19.1. The SMILES string of the molecule is Cc1cccc(NC(=O)C[NH+]2CC[NH+](CCCOc3ccc(F)cc3)CC2)c1C. The first-order valence-electron chi connectivity index (χ1n) is 10.4. The Morgan fingerprint density at radius 1 is 1.03 bits per heavy atom. The number of quaternary nitrogens is 2. The lowest BCUT2D eigenvalue weighted by Gasteiger charge is -2.29. The predicted octanol–water partition coefficient (Wildman–Crippen LogP) is 0.634. The van der Waals surface area contributed by atoms with E-state index in [0.29, 0.717) is 18.9 Å². The highest BCUT2D eigenvalue weighted by Crippen LogP contribution is 2.17. The molecular weight excluding hydrogens is 369 g/mol. The maximum absolute atomic E-state index is 12.9. The average Bonchev–Trinajstić information content (AvgIpc) is 2.71. The van der Waals surface area contributed by atoms with E-state index in [4.69, 9.17) is 4.74 Å². The lowest BCUT2D eigenvalue weighted by molar-refractivity contribution is -1.01. The molecular formula is C23H32FN3O2+2. The van der Waals surface area contributed by atoms with Crippen LogP contribution in [-0.4, -0.2) is 51.8 Å². The van der Waals surface area contributed by atoms with E-state index in [0.717, 1.165) is 50.4 Å². The number of nitrogens with one attached hydrogen (secondary N) is 3. The summed E-state index contributed by atoms with van der Waals surface area (Å²) in [6.07, 6.45) is 0.967. The first-order chi connectivity index (χ1) is 14.0. The van der Waals surface area contributed by atoms with E-state index >= 15 is 0 Å². The number of hydrogen-bond acceptors (Lipinski definition) is 2. The van der Waals surface area contributed by atoms with Crippen molar-refractivity contribution in [1.82, 2.24) is 0 Å². The average molecular weight is 402 g/mol. The first kappa shape index (κ1) is 21.3. The van der Waals surface area contributed by atoms with Crippen molar-refractivity contribution < 1.29 is 23.7 Å². The van der Waals surface area contributed by atoms with Gasteiger partial charge in [-0.3, -0.25) is 4.79 Å². The third kappa shape index (κ3) is 6.54. The standard InChI is InChI=1S/C23H30FN3O2/c1-18-5-3-6-22(19(18)2)25-23(28)17-27-14-12-26(13-15-27)11-4-16-29-21-9-7-20(24)8-10-21/h3,5-10H,4,11-17H2,1-2H3,(H,25,28)/p+2. The number of carbonyl (C=O) groups excluding carboxylic acids is 1. The van der Waals surface area contributed by atoms with Crippen LogP contribution in [0.15, 0.2) is 42.5 Å². The Kier molecular flexibility index (Phi) is 7.61. The molecule has 1 fully saturated rings. The molecule has 6 heteroatoms. The number of hydrogen-bond donors (Lipinski definition) is 3. The van der Waals surface area contributed by atoms with Crippen LogP contribution in [0.4, 0.5) is 10.1 Å². The van der Waals surface area contributed by atoms with E-state index < -0.39 is 0 Å². The zero-order valence-corrected chi connectivity index (χ0v) is 17.4. The van der Waals surface area contributed by atoms with Crippen LogP contribution in [0, 0.1) is 19.7 Å². The highest BCUT2D eigenvalue weighted by Gasteiger charge is 2.24. The molecule has 1 heterocycles. The van der Waals surface area contributed by atoms with Gasteiger partial charge in [0.15, 0.2) is 6.54 Å². The molecule has 0 spiro atoms. The number of aryl methyl sites for hydroxylation is 1. The third-order valence-corrected chi connectivity index (χ3v) is 5.71. The van der Waals surface area contributed by atoms with Gasteiger partial charge >= 0.3 is 0 Å². The fraction of sp³-hybridized carbons (Fsp3) is 0.435. The van der Waals surface area contributed by atoms with Gasteiger partial charge in [0, 0.05) is 12.1 Å². The Balaban J connectivity index is 1.32. The van der Waals surface area contributed by atoms with Crippen molar-refractivity contribution in [2.75, 3.05) is 51.2 Å². The van der Waals surface area contributed by atoms with Crippen LogP contribution >= 0.6 is 0 Å². The van der Waals surface area contributed by atoms with E-state index in [9.17, 15) is 9.18 Å². The second-order valence-corrected chi connectivity index (χ2v) is 7.88. The Hall–Kier alpha value is -2.44. The van der Waals surface area contributed by atoms with E-state index in [2.05, 4.69) is 18.3 Å². The zero-order valence-electron chi connectivity index (χ0n) is 17.4. The summed E-state index contributed by atoms with van der Waals surface area (Å²) in [5.74, 6) is 0.556. The molecule has 0 unspecified atom stereocenters. The van der Waals surface area contributed by atoms with Gasteiger partial charge in [-0.05, 0) is 55.3 Å². The number of benzene rings is 2. The van der Waals surface area contributed by atoms with Gasteiger partial charge in [-0.2, -0.15) is 0 Å². The van der Waals surface area contributed by atoms with Gasteiger partial charge in [-0.25, -0.2) is 4.39 Å². The van der Waals surface area contributed by atoms with Crippen LogP contribution in [-0.2, 0) is 4.79 Å². The summed E-state index contributed by atoms with van der Waals surface area (Å²) in [7, 11) is 0. The fourth-order valence-electron chi connectivity index (χ4n) is 3.73. The van der Waals surface area contributed by atoms with Crippen molar-refractivity contribution in [3.63, 3.8) is 0 Å². The summed E-state index contributed by atoms with van der Waals surface area (Å²) in [6, 6.07) is 12.2. The topological polar surface area (TPSA) is 47.2 Å². The number of halogens is 1.